The van der Waals surface area contributed by atoms with E-state index in [4.69, 9.17) is 18.9 Å². The zero-order chi connectivity index (χ0) is 22.2. The van der Waals surface area contributed by atoms with Crippen molar-refractivity contribution in [3.05, 3.63) is 108 Å². The van der Waals surface area contributed by atoms with Crippen LogP contribution in [-0.4, -0.2) is 29.4 Å². The van der Waals surface area contributed by atoms with Gasteiger partial charge in [0.05, 0.1) is 25.9 Å². The van der Waals surface area contributed by atoms with Crippen LogP contribution >= 0.6 is 15.9 Å². The summed E-state index contributed by atoms with van der Waals surface area (Å²) in [5.74, 6) is 0. The molecule has 1 saturated heterocycles. The molecule has 1 fully saturated rings. The van der Waals surface area contributed by atoms with Gasteiger partial charge in [-0.05, 0) is 23.6 Å². The number of halogens is 1. The average Bonchev–Trinajstić information content (AvgIpc) is 2.83. The Kier molecular flexibility index (Phi) is 8.49. The lowest BCUT2D eigenvalue weighted by atomic mass is 10.00. The molecule has 0 N–H and O–H groups in total. The second kappa shape index (κ2) is 11.7. The van der Waals surface area contributed by atoms with Crippen LogP contribution in [0.3, 0.4) is 0 Å². The first-order chi connectivity index (χ1) is 15.7. The second-order valence-corrected chi connectivity index (χ2v) is 8.88. The highest BCUT2D eigenvalue weighted by atomic mass is 79.9. The van der Waals surface area contributed by atoms with E-state index in [1.807, 2.05) is 61.5 Å². The number of alkyl halides is 1. The smallest absolute Gasteiger partial charge is 0.141 e. The molecule has 0 bridgehead atoms. The Hall–Kier alpha value is -2.02. The molecule has 0 saturated carbocycles. The molecule has 1 aliphatic heterocycles. The maximum absolute atomic E-state index is 6.45. The van der Waals surface area contributed by atoms with Gasteiger partial charge in [0.1, 0.15) is 23.3 Å². The fourth-order valence-corrected chi connectivity index (χ4v) is 4.65. The van der Waals surface area contributed by atoms with Crippen LogP contribution < -0.4 is 0 Å². The van der Waals surface area contributed by atoms with E-state index in [2.05, 4.69) is 52.3 Å². The minimum atomic E-state index is -0.323. The van der Waals surface area contributed by atoms with E-state index in [0.717, 1.165) is 16.7 Å². The molecule has 32 heavy (non-hydrogen) atoms. The van der Waals surface area contributed by atoms with Crippen LogP contribution in [0, 0.1) is 0 Å². The van der Waals surface area contributed by atoms with Crippen LogP contribution in [0.25, 0.3) is 0 Å². The third-order valence-corrected chi connectivity index (χ3v) is 6.31. The minimum Gasteiger partial charge on any atom is -0.368 e. The summed E-state index contributed by atoms with van der Waals surface area (Å²) in [5.41, 5.74) is 3.33. The van der Waals surface area contributed by atoms with Crippen LogP contribution in [-0.2, 0) is 38.8 Å². The number of hydrogen-bond acceptors (Lipinski definition) is 4. The largest absolute Gasteiger partial charge is 0.368 e. The van der Waals surface area contributed by atoms with Crippen molar-refractivity contribution in [3.8, 4) is 0 Å². The first kappa shape index (κ1) is 23.1. The van der Waals surface area contributed by atoms with E-state index in [-0.39, 0.29) is 29.4 Å². The van der Waals surface area contributed by atoms with E-state index in [9.17, 15) is 0 Å². The molecule has 0 spiro atoms. The lowest BCUT2D eigenvalue weighted by Crippen LogP contribution is -2.57. The number of benzene rings is 3. The van der Waals surface area contributed by atoms with Crippen LogP contribution in [0.1, 0.15) is 23.6 Å². The van der Waals surface area contributed by atoms with Crippen LogP contribution in [0.5, 0.6) is 0 Å². The van der Waals surface area contributed by atoms with Gasteiger partial charge in [0, 0.05) is 0 Å². The van der Waals surface area contributed by atoms with Crippen molar-refractivity contribution in [3.63, 3.8) is 0 Å². The third-order valence-electron chi connectivity index (χ3n) is 5.57. The summed E-state index contributed by atoms with van der Waals surface area (Å²) in [4.78, 5) is 0. The maximum atomic E-state index is 6.45. The average molecular weight is 497 g/mol. The highest BCUT2D eigenvalue weighted by Crippen LogP contribution is 2.32. The molecule has 1 aliphatic rings. The van der Waals surface area contributed by atoms with Gasteiger partial charge < -0.3 is 18.9 Å². The molecular formula is C27H29BrO4. The Morgan fingerprint density at radius 1 is 0.594 bits per heavy atom. The summed E-state index contributed by atoms with van der Waals surface area (Å²) in [5, 5.41) is -0.293. The molecule has 4 rings (SSSR count). The quantitative estimate of drug-likeness (QED) is 0.346. The highest BCUT2D eigenvalue weighted by Gasteiger charge is 2.45. The number of ether oxygens (including phenoxy) is 4. The van der Waals surface area contributed by atoms with Gasteiger partial charge in [0.15, 0.2) is 0 Å². The topological polar surface area (TPSA) is 36.9 Å². The maximum Gasteiger partial charge on any atom is 0.141 e. The van der Waals surface area contributed by atoms with Crippen molar-refractivity contribution in [1.29, 1.82) is 0 Å². The predicted molar refractivity (Wildman–Crippen MR) is 128 cm³/mol. The van der Waals surface area contributed by atoms with E-state index in [1.54, 1.807) is 0 Å². The number of rotatable bonds is 9. The van der Waals surface area contributed by atoms with E-state index in [0.29, 0.717) is 19.8 Å². The molecule has 5 heteroatoms. The lowest BCUT2D eigenvalue weighted by Gasteiger charge is -2.43. The highest BCUT2D eigenvalue weighted by molar-refractivity contribution is 9.09. The van der Waals surface area contributed by atoms with Gasteiger partial charge in [-0.15, -0.1) is 0 Å². The molecule has 1 heterocycles. The van der Waals surface area contributed by atoms with Crippen molar-refractivity contribution in [2.45, 2.75) is 56.2 Å². The Labute approximate surface area is 198 Å². The van der Waals surface area contributed by atoms with Gasteiger partial charge in [0.25, 0.3) is 0 Å². The Morgan fingerprint density at radius 3 is 1.41 bits per heavy atom. The van der Waals surface area contributed by atoms with Crippen molar-refractivity contribution < 1.29 is 18.9 Å². The van der Waals surface area contributed by atoms with Gasteiger partial charge in [0.2, 0.25) is 0 Å². The molecule has 5 atom stereocenters. The van der Waals surface area contributed by atoms with Gasteiger partial charge in [-0.1, -0.05) is 107 Å². The van der Waals surface area contributed by atoms with Crippen LogP contribution in [0.4, 0.5) is 0 Å². The molecule has 3 aromatic carbocycles. The van der Waals surface area contributed by atoms with Crippen LogP contribution in [0.15, 0.2) is 91.0 Å². The number of hydrogen-bond donors (Lipinski definition) is 0. The molecule has 4 nitrogen and oxygen atoms in total. The van der Waals surface area contributed by atoms with Gasteiger partial charge in [-0.2, -0.15) is 0 Å². The molecular weight excluding hydrogens is 468 g/mol. The molecule has 168 valence electrons. The summed E-state index contributed by atoms with van der Waals surface area (Å²) >= 11 is 3.68. The van der Waals surface area contributed by atoms with Gasteiger partial charge >= 0.3 is 0 Å². The fourth-order valence-electron chi connectivity index (χ4n) is 3.85. The molecule has 0 aromatic heterocycles. The summed E-state index contributed by atoms with van der Waals surface area (Å²) < 4.78 is 25.3. The summed E-state index contributed by atoms with van der Waals surface area (Å²) in [6.07, 6.45) is -1.04. The van der Waals surface area contributed by atoms with Crippen molar-refractivity contribution in [2.24, 2.45) is 0 Å². The summed E-state index contributed by atoms with van der Waals surface area (Å²) in [6.45, 7) is 3.47. The Balaban J connectivity index is 1.50. The fraction of sp³-hybridized carbons (Fsp3) is 0.333. The zero-order valence-corrected chi connectivity index (χ0v) is 19.8. The summed E-state index contributed by atoms with van der Waals surface area (Å²) in [7, 11) is 0. The van der Waals surface area contributed by atoms with Crippen molar-refractivity contribution >= 4 is 15.9 Å². The molecule has 0 unspecified atom stereocenters. The lowest BCUT2D eigenvalue weighted by molar-refractivity contribution is -0.241. The Morgan fingerprint density at radius 2 is 0.969 bits per heavy atom. The molecule has 0 amide bonds. The molecule has 3 aromatic rings. The SMILES string of the molecule is C[C@H]1O[C@@H](Br)[C@@H](OCc2ccccc2)[C@@H](OCc2ccccc2)[C@@H]1OCc1ccccc1. The third kappa shape index (κ3) is 6.27. The van der Waals surface area contributed by atoms with Gasteiger partial charge in [-0.25, -0.2) is 0 Å². The standard InChI is InChI=1S/C27H29BrO4/c1-20-24(29-17-21-11-5-2-6-12-21)25(30-18-22-13-7-3-8-14-22)26(27(28)32-20)31-19-23-15-9-4-10-16-23/h2-16,20,24-27H,17-19H2,1H3/t20-,24-,25+,26+,27-/m1/s1. The first-order valence-corrected chi connectivity index (χ1v) is 11.9. The predicted octanol–water partition coefficient (Wildman–Crippen LogP) is 5.88. The minimum absolute atomic E-state index is 0.152. The Bertz CT molecular complexity index is 867. The van der Waals surface area contributed by atoms with E-state index >= 15 is 0 Å². The monoisotopic (exact) mass is 496 g/mol. The molecule has 0 radical (unpaired) electrons. The van der Waals surface area contributed by atoms with Crippen LogP contribution in [0.2, 0.25) is 0 Å². The molecule has 0 aliphatic carbocycles. The van der Waals surface area contributed by atoms with Gasteiger partial charge in [-0.3, -0.25) is 0 Å². The zero-order valence-electron chi connectivity index (χ0n) is 18.2. The van der Waals surface area contributed by atoms with Crippen molar-refractivity contribution in [2.75, 3.05) is 0 Å². The first-order valence-electron chi connectivity index (χ1n) is 11.0. The normalized spacial score (nSPS) is 25.5. The second-order valence-electron chi connectivity index (χ2n) is 7.98. The van der Waals surface area contributed by atoms with E-state index < -0.39 is 0 Å². The van der Waals surface area contributed by atoms with E-state index in [1.165, 1.54) is 0 Å². The summed E-state index contributed by atoms with van der Waals surface area (Å²) in [6, 6.07) is 30.5. The van der Waals surface area contributed by atoms with Crippen molar-refractivity contribution in [1.82, 2.24) is 0 Å².